The van der Waals surface area contributed by atoms with Crippen LogP contribution in [0, 0.1) is 5.92 Å². The number of carbonyl (C=O) groups excluding carboxylic acids is 2. The summed E-state index contributed by atoms with van der Waals surface area (Å²) in [6.45, 7) is 1.82. The molecule has 4 rings (SSSR count). The van der Waals surface area contributed by atoms with Gasteiger partial charge in [-0.3, -0.25) is 19.6 Å². The van der Waals surface area contributed by atoms with Crippen molar-refractivity contribution in [2.75, 3.05) is 32.2 Å². The summed E-state index contributed by atoms with van der Waals surface area (Å²) >= 11 is 0. The molecule has 0 bridgehead atoms. The van der Waals surface area contributed by atoms with Crippen LogP contribution in [0.5, 0.6) is 0 Å². The van der Waals surface area contributed by atoms with Crippen molar-refractivity contribution in [2.45, 2.75) is 37.9 Å². The highest BCUT2D eigenvalue weighted by Crippen LogP contribution is 2.36. The molecule has 1 atom stereocenters. The molecular weight excluding hydrogens is 372 g/mol. The number of methoxy groups -OCH3 is 2. The number of benzene rings is 1. The van der Waals surface area contributed by atoms with Crippen molar-refractivity contribution < 1.29 is 19.1 Å². The Bertz CT molecular complexity index is 913. The smallest absolute Gasteiger partial charge is 0.235 e. The average Bonchev–Trinajstić information content (AvgIpc) is 3.06. The largest absolute Gasteiger partial charge is 0.370 e. The summed E-state index contributed by atoms with van der Waals surface area (Å²) < 4.78 is 12.7. The first-order valence-electron chi connectivity index (χ1n) is 10.1. The topological polar surface area (TPSA) is 85.7 Å². The molecular formula is C21H28N4O4. The minimum Gasteiger partial charge on any atom is -0.370 e. The maximum Gasteiger partial charge on any atom is 0.235 e. The lowest BCUT2D eigenvalue weighted by atomic mass is 9.92. The number of amides is 2. The molecule has 29 heavy (non-hydrogen) atoms. The second-order valence-electron chi connectivity index (χ2n) is 7.85. The van der Waals surface area contributed by atoms with Crippen molar-refractivity contribution in [3.63, 3.8) is 0 Å². The van der Waals surface area contributed by atoms with E-state index in [0.717, 1.165) is 48.2 Å². The van der Waals surface area contributed by atoms with Gasteiger partial charge in [-0.1, -0.05) is 12.1 Å². The summed E-state index contributed by atoms with van der Waals surface area (Å²) in [7, 11) is 5.29. The average molecular weight is 400 g/mol. The SMILES string of the molecule is COC(OC)C1CCN(c2cccc3c(C4CCC(=O)NC4=O)nn(C)c23)CC1. The Morgan fingerprint density at radius 2 is 1.86 bits per heavy atom. The van der Waals surface area contributed by atoms with Gasteiger partial charge in [0.15, 0.2) is 6.29 Å². The standard InChI is InChI=1S/C21H28N4O4/c1-24-19-14(18(23-24)15-7-8-17(26)22-20(15)27)5-4-6-16(19)25-11-9-13(10-12-25)21(28-2)29-3/h4-6,13,15,21H,7-12H2,1-3H3,(H,22,26,27). The first-order valence-corrected chi connectivity index (χ1v) is 10.1. The van der Waals surface area contributed by atoms with Gasteiger partial charge in [-0.25, -0.2) is 0 Å². The molecule has 1 unspecified atom stereocenters. The monoisotopic (exact) mass is 400 g/mol. The van der Waals surface area contributed by atoms with E-state index in [4.69, 9.17) is 14.6 Å². The highest BCUT2D eigenvalue weighted by Gasteiger charge is 2.33. The molecule has 2 amide bonds. The summed E-state index contributed by atoms with van der Waals surface area (Å²) in [6.07, 6.45) is 2.66. The highest BCUT2D eigenvalue weighted by atomic mass is 16.7. The number of fused-ring (bicyclic) bond motifs is 1. The third-order valence-corrected chi connectivity index (χ3v) is 6.17. The molecule has 156 valence electrons. The Labute approximate surface area is 170 Å². The maximum absolute atomic E-state index is 12.4. The van der Waals surface area contributed by atoms with Crippen LogP contribution in [0.3, 0.4) is 0 Å². The fraction of sp³-hybridized carbons (Fsp3) is 0.571. The van der Waals surface area contributed by atoms with Gasteiger partial charge in [0, 0.05) is 52.1 Å². The summed E-state index contributed by atoms with van der Waals surface area (Å²) in [5.41, 5.74) is 2.91. The van der Waals surface area contributed by atoms with E-state index < -0.39 is 0 Å². The Morgan fingerprint density at radius 3 is 2.52 bits per heavy atom. The van der Waals surface area contributed by atoms with E-state index in [2.05, 4.69) is 16.3 Å². The summed E-state index contributed by atoms with van der Waals surface area (Å²) in [6, 6.07) is 6.15. The van der Waals surface area contributed by atoms with Crippen molar-refractivity contribution in [2.24, 2.45) is 13.0 Å². The molecule has 2 saturated heterocycles. The molecule has 3 heterocycles. The number of aryl methyl sites for hydroxylation is 1. The summed E-state index contributed by atoms with van der Waals surface area (Å²) in [5, 5.41) is 8.12. The summed E-state index contributed by atoms with van der Waals surface area (Å²) in [5.74, 6) is -0.467. The minimum absolute atomic E-state index is 0.163. The Balaban J connectivity index is 1.62. The van der Waals surface area contributed by atoms with Gasteiger partial charge in [-0.05, 0) is 25.3 Å². The van der Waals surface area contributed by atoms with Gasteiger partial charge in [0.05, 0.1) is 22.8 Å². The van der Waals surface area contributed by atoms with Gasteiger partial charge in [0.2, 0.25) is 11.8 Å². The van der Waals surface area contributed by atoms with Crippen LogP contribution in [-0.2, 0) is 26.1 Å². The molecule has 2 fully saturated rings. The van der Waals surface area contributed by atoms with Crippen LogP contribution < -0.4 is 10.2 Å². The van der Waals surface area contributed by atoms with Gasteiger partial charge < -0.3 is 14.4 Å². The van der Waals surface area contributed by atoms with Gasteiger partial charge in [-0.15, -0.1) is 0 Å². The molecule has 1 aromatic heterocycles. The molecule has 2 aliphatic heterocycles. The first-order chi connectivity index (χ1) is 14.0. The minimum atomic E-state index is -0.387. The van der Waals surface area contributed by atoms with Gasteiger partial charge in [0.1, 0.15) is 0 Å². The zero-order chi connectivity index (χ0) is 20.5. The molecule has 0 radical (unpaired) electrons. The lowest BCUT2D eigenvalue weighted by molar-refractivity contribution is -0.141. The fourth-order valence-electron chi connectivity index (χ4n) is 4.70. The number of carbonyl (C=O) groups is 2. The van der Waals surface area contributed by atoms with Crippen LogP contribution in [0.1, 0.15) is 37.3 Å². The van der Waals surface area contributed by atoms with E-state index in [1.807, 2.05) is 23.9 Å². The first kappa shape index (κ1) is 19.8. The number of hydrogen-bond donors (Lipinski definition) is 1. The predicted molar refractivity (Wildman–Crippen MR) is 109 cm³/mol. The maximum atomic E-state index is 12.4. The molecule has 1 aromatic carbocycles. The van der Waals surface area contributed by atoms with E-state index in [-0.39, 0.29) is 24.0 Å². The third-order valence-electron chi connectivity index (χ3n) is 6.17. The molecule has 2 aliphatic rings. The number of para-hydroxylation sites is 1. The lowest BCUT2D eigenvalue weighted by Gasteiger charge is -2.36. The third kappa shape index (κ3) is 3.62. The fourth-order valence-corrected chi connectivity index (χ4v) is 4.70. The molecule has 2 aromatic rings. The molecule has 8 nitrogen and oxygen atoms in total. The molecule has 8 heteroatoms. The van der Waals surface area contributed by atoms with Crippen LogP contribution in [0.2, 0.25) is 0 Å². The number of imide groups is 1. The second-order valence-corrected chi connectivity index (χ2v) is 7.85. The zero-order valence-corrected chi connectivity index (χ0v) is 17.2. The summed E-state index contributed by atoms with van der Waals surface area (Å²) in [4.78, 5) is 26.3. The van der Waals surface area contributed by atoms with Crippen LogP contribution in [0.4, 0.5) is 5.69 Å². The number of rotatable bonds is 5. The van der Waals surface area contributed by atoms with Crippen molar-refractivity contribution >= 4 is 28.4 Å². The normalized spacial score (nSPS) is 21.2. The number of piperidine rings is 2. The van der Waals surface area contributed by atoms with E-state index >= 15 is 0 Å². The van der Waals surface area contributed by atoms with E-state index in [0.29, 0.717) is 18.8 Å². The van der Waals surface area contributed by atoms with E-state index in [1.54, 1.807) is 14.2 Å². The number of hydrogen-bond acceptors (Lipinski definition) is 6. The van der Waals surface area contributed by atoms with Crippen LogP contribution in [-0.4, -0.2) is 55.2 Å². The quantitative estimate of drug-likeness (QED) is 0.610. The lowest BCUT2D eigenvalue weighted by Crippen LogP contribution is -2.39. The predicted octanol–water partition coefficient (Wildman–Crippen LogP) is 1.93. The number of nitrogens with one attached hydrogen (secondary N) is 1. The molecule has 0 saturated carbocycles. The molecule has 0 aliphatic carbocycles. The van der Waals surface area contributed by atoms with Crippen LogP contribution in [0.15, 0.2) is 18.2 Å². The van der Waals surface area contributed by atoms with Crippen molar-refractivity contribution in [1.82, 2.24) is 15.1 Å². The molecule has 1 N–H and O–H groups in total. The number of anilines is 1. The van der Waals surface area contributed by atoms with E-state index in [9.17, 15) is 9.59 Å². The molecule has 0 spiro atoms. The Hall–Kier alpha value is -2.45. The van der Waals surface area contributed by atoms with Crippen LogP contribution in [0.25, 0.3) is 10.9 Å². The zero-order valence-electron chi connectivity index (χ0n) is 17.2. The number of nitrogens with zero attached hydrogens (tertiary/aromatic N) is 3. The van der Waals surface area contributed by atoms with Crippen molar-refractivity contribution in [3.05, 3.63) is 23.9 Å². The van der Waals surface area contributed by atoms with Gasteiger partial charge >= 0.3 is 0 Å². The van der Waals surface area contributed by atoms with Gasteiger partial charge in [-0.2, -0.15) is 5.10 Å². The van der Waals surface area contributed by atoms with Crippen molar-refractivity contribution in [1.29, 1.82) is 0 Å². The second kappa shape index (κ2) is 8.12. The number of ether oxygens (including phenoxy) is 2. The Kier molecular flexibility index (Phi) is 5.56. The highest BCUT2D eigenvalue weighted by molar-refractivity contribution is 6.03. The number of aromatic nitrogens is 2. The van der Waals surface area contributed by atoms with E-state index in [1.165, 1.54) is 0 Å². The van der Waals surface area contributed by atoms with Crippen LogP contribution >= 0.6 is 0 Å². The van der Waals surface area contributed by atoms with Gasteiger partial charge in [0.25, 0.3) is 0 Å². The van der Waals surface area contributed by atoms with Crippen molar-refractivity contribution in [3.8, 4) is 0 Å². The Morgan fingerprint density at radius 1 is 1.14 bits per heavy atom.